The minimum atomic E-state index is 0.0809. The fourth-order valence-corrected chi connectivity index (χ4v) is 1.82. The second kappa shape index (κ2) is 5.14. The molecule has 2 rings (SSSR count). The van der Waals surface area contributed by atoms with Gasteiger partial charge in [0.1, 0.15) is 0 Å². The highest BCUT2D eigenvalue weighted by molar-refractivity contribution is 5.19. The van der Waals surface area contributed by atoms with Gasteiger partial charge in [0.2, 0.25) is 0 Å². The highest BCUT2D eigenvalue weighted by Gasteiger charge is 2.17. The average molecular weight is 233 g/mol. The largest absolute Gasteiger partial charge is 0.340 e. The zero-order valence-corrected chi connectivity index (χ0v) is 10.6. The minimum absolute atomic E-state index is 0.0809. The molecule has 1 unspecified atom stereocenters. The fraction of sp³-hybridized carbons (Fsp3) is 0.500. The van der Waals surface area contributed by atoms with E-state index in [9.17, 15) is 0 Å². The van der Waals surface area contributed by atoms with Crippen molar-refractivity contribution in [1.82, 2.24) is 24.6 Å². The number of rotatable bonds is 5. The van der Waals surface area contributed by atoms with Gasteiger partial charge in [-0.05, 0) is 19.0 Å². The highest BCUT2D eigenvalue weighted by atomic mass is 15.3. The second-order valence-corrected chi connectivity index (χ2v) is 4.27. The molecular weight excluding hydrogens is 214 g/mol. The molecule has 0 aliphatic heterocycles. The first-order valence-electron chi connectivity index (χ1n) is 5.91. The third-order valence-corrected chi connectivity index (χ3v) is 2.65. The van der Waals surface area contributed by atoms with Gasteiger partial charge in [-0.15, -0.1) is 0 Å². The summed E-state index contributed by atoms with van der Waals surface area (Å²) < 4.78 is 3.78. The Labute approximate surface area is 101 Å². The molecule has 5 nitrogen and oxygen atoms in total. The maximum absolute atomic E-state index is 4.45. The number of imidazole rings is 1. The Morgan fingerprint density at radius 1 is 1.35 bits per heavy atom. The predicted octanol–water partition coefficient (Wildman–Crippen LogP) is 1.24. The third-order valence-electron chi connectivity index (χ3n) is 2.65. The lowest BCUT2D eigenvalue weighted by Crippen LogP contribution is -2.24. The summed E-state index contributed by atoms with van der Waals surface area (Å²) in [4.78, 5) is 4.41. The normalized spacial score (nSPS) is 12.9. The molecule has 0 aliphatic rings. The zero-order chi connectivity index (χ0) is 12.3. The summed E-state index contributed by atoms with van der Waals surface area (Å²) in [5, 5.41) is 7.93. The summed E-state index contributed by atoms with van der Waals surface area (Å²) >= 11 is 0. The van der Waals surface area contributed by atoms with E-state index in [4.69, 9.17) is 0 Å². The van der Waals surface area contributed by atoms with E-state index in [1.165, 1.54) is 0 Å². The fourth-order valence-electron chi connectivity index (χ4n) is 1.82. The molecule has 0 saturated carbocycles. The molecule has 2 heterocycles. The van der Waals surface area contributed by atoms with E-state index in [0.717, 1.165) is 24.4 Å². The first kappa shape index (κ1) is 11.9. The first-order valence-corrected chi connectivity index (χ1v) is 5.91. The van der Waals surface area contributed by atoms with Crippen molar-refractivity contribution in [3.8, 4) is 0 Å². The monoisotopic (exact) mass is 233 g/mol. The molecule has 0 aliphatic carbocycles. The molecule has 1 N–H and O–H groups in total. The van der Waals surface area contributed by atoms with Crippen molar-refractivity contribution in [1.29, 1.82) is 0 Å². The van der Waals surface area contributed by atoms with Gasteiger partial charge in [0.05, 0.1) is 23.8 Å². The first-order chi connectivity index (χ1) is 8.20. The van der Waals surface area contributed by atoms with Gasteiger partial charge in [-0.2, -0.15) is 5.10 Å². The van der Waals surface area contributed by atoms with E-state index in [0.29, 0.717) is 0 Å². The number of hydrogen-bond donors (Lipinski definition) is 1. The zero-order valence-electron chi connectivity index (χ0n) is 10.6. The van der Waals surface area contributed by atoms with E-state index in [-0.39, 0.29) is 6.04 Å². The van der Waals surface area contributed by atoms with Crippen LogP contribution in [0.5, 0.6) is 0 Å². The molecule has 1 atom stereocenters. The van der Waals surface area contributed by atoms with Crippen LogP contribution in [0.1, 0.15) is 30.8 Å². The predicted molar refractivity (Wildman–Crippen MR) is 66.6 cm³/mol. The van der Waals surface area contributed by atoms with E-state index in [2.05, 4.69) is 22.3 Å². The highest BCUT2D eigenvalue weighted by Crippen LogP contribution is 2.18. The Balaban J connectivity index is 2.24. The van der Waals surface area contributed by atoms with E-state index < -0.39 is 0 Å². The molecular formula is C12H19N5. The minimum Gasteiger partial charge on any atom is -0.340 e. The topological polar surface area (TPSA) is 47.7 Å². The summed E-state index contributed by atoms with van der Waals surface area (Å²) in [6.45, 7) is 3.11. The van der Waals surface area contributed by atoms with Crippen LogP contribution in [0, 0.1) is 0 Å². The Hall–Kier alpha value is -1.62. The van der Waals surface area contributed by atoms with Gasteiger partial charge in [0.25, 0.3) is 0 Å². The van der Waals surface area contributed by atoms with Crippen LogP contribution in [0.3, 0.4) is 0 Å². The van der Waals surface area contributed by atoms with Crippen molar-refractivity contribution in [2.24, 2.45) is 14.1 Å². The van der Waals surface area contributed by atoms with E-state index >= 15 is 0 Å². The Kier molecular flexibility index (Phi) is 3.58. The van der Waals surface area contributed by atoms with Crippen molar-refractivity contribution in [3.63, 3.8) is 0 Å². The molecule has 2 aromatic heterocycles. The molecule has 0 bridgehead atoms. The van der Waals surface area contributed by atoms with E-state index in [1.807, 2.05) is 48.1 Å². The summed E-state index contributed by atoms with van der Waals surface area (Å²) in [7, 11) is 3.91. The standard InChI is InChI=1S/C12H19N5/c1-4-6-13-12(10-5-7-17(3)15-10)11-8-16(2)9-14-11/h5,7-9,12-13H,4,6H2,1-3H3. The molecule has 5 heteroatoms. The maximum atomic E-state index is 4.45. The third kappa shape index (κ3) is 2.74. The van der Waals surface area contributed by atoms with Gasteiger partial charge in [-0.1, -0.05) is 6.92 Å². The summed E-state index contributed by atoms with van der Waals surface area (Å²) in [6, 6.07) is 2.11. The van der Waals surface area contributed by atoms with E-state index in [1.54, 1.807) is 0 Å². The van der Waals surface area contributed by atoms with Gasteiger partial charge >= 0.3 is 0 Å². The second-order valence-electron chi connectivity index (χ2n) is 4.27. The number of hydrogen-bond acceptors (Lipinski definition) is 3. The number of aromatic nitrogens is 4. The molecule has 0 spiro atoms. The lowest BCUT2D eigenvalue weighted by Gasteiger charge is -2.13. The SMILES string of the molecule is CCCNC(c1cn(C)cn1)c1ccn(C)n1. The Bertz CT molecular complexity index is 430. The van der Waals surface area contributed by atoms with Crippen LogP contribution in [0.2, 0.25) is 0 Å². The lowest BCUT2D eigenvalue weighted by molar-refractivity contribution is 0.566. The van der Waals surface area contributed by atoms with Crippen LogP contribution in [0.4, 0.5) is 0 Å². The maximum Gasteiger partial charge on any atom is 0.0959 e. The van der Waals surface area contributed by atoms with Gasteiger partial charge in [0.15, 0.2) is 0 Å². The van der Waals surface area contributed by atoms with Crippen LogP contribution in [0.15, 0.2) is 24.8 Å². The molecule has 0 fully saturated rings. The van der Waals surface area contributed by atoms with Crippen molar-refractivity contribution in [2.45, 2.75) is 19.4 Å². The molecule has 0 amide bonds. The van der Waals surface area contributed by atoms with Crippen molar-refractivity contribution in [3.05, 3.63) is 36.2 Å². The molecule has 0 aromatic carbocycles. The van der Waals surface area contributed by atoms with Crippen LogP contribution in [-0.2, 0) is 14.1 Å². The summed E-state index contributed by atoms with van der Waals surface area (Å²) in [6.07, 6.45) is 6.90. The molecule has 17 heavy (non-hydrogen) atoms. The van der Waals surface area contributed by atoms with Crippen molar-refractivity contribution in [2.75, 3.05) is 6.54 Å². The van der Waals surface area contributed by atoms with Crippen LogP contribution in [0.25, 0.3) is 0 Å². The number of aryl methyl sites for hydroxylation is 2. The Morgan fingerprint density at radius 2 is 2.18 bits per heavy atom. The van der Waals surface area contributed by atoms with Crippen molar-refractivity contribution < 1.29 is 0 Å². The van der Waals surface area contributed by atoms with Gasteiger partial charge in [-0.3, -0.25) is 4.68 Å². The van der Waals surface area contributed by atoms with Crippen LogP contribution >= 0.6 is 0 Å². The van der Waals surface area contributed by atoms with Gasteiger partial charge in [0, 0.05) is 26.5 Å². The molecule has 2 aromatic rings. The molecule has 0 saturated heterocycles. The summed E-state index contributed by atoms with van der Waals surface area (Å²) in [5.74, 6) is 0. The van der Waals surface area contributed by atoms with Gasteiger partial charge in [-0.25, -0.2) is 4.98 Å². The molecule has 92 valence electrons. The quantitative estimate of drug-likeness (QED) is 0.845. The number of nitrogens with one attached hydrogen (secondary N) is 1. The molecule has 0 radical (unpaired) electrons. The van der Waals surface area contributed by atoms with Crippen LogP contribution in [-0.4, -0.2) is 25.9 Å². The summed E-state index contributed by atoms with van der Waals surface area (Å²) in [5.41, 5.74) is 2.03. The smallest absolute Gasteiger partial charge is 0.0959 e. The number of nitrogens with zero attached hydrogens (tertiary/aromatic N) is 4. The van der Waals surface area contributed by atoms with Crippen molar-refractivity contribution >= 4 is 0 Å². The average Bonchev–Trinajstić information content (AvgIpc) is 2.89. The lowest BCUT2D eigenvalue weighted by atomic mass is 10.1. The Morgan fingerprint density at radius 3 is 2.71 bits per heavy atom. The van der Waals surface area contributed by atoms with Crippen LogP contribution < -0.4 is 5.32 Å². The van der Waals surface area contributed by atoms with Gasteiger partial charge < -0.3 is 9.88 Å².